The number of carbonyl (C=O) groups excluding carboxylic acids is 3. The minimum absolute atomic E-state index is 0.117. The fourth-order valence-corrected chi connectivity index (χ4v) is 2.59. The molecule has 1 fully saturated rings. The summed E-state index contributed by atoms with van der Waals surface area (Å²) in [6.45, 7) is 2.52. The molecule has 3 N–H and O–H groups in total. The maximum Gasteiger partial charge on any atom is 0.409 e. The highest BCUT2D eigenvalue weighted by Gasteiger charge is 2.25. The van der Waals surface area contributed by atoms with Gasteiger partial charge in [0.2, 0.25) is 0 Å². The maximum absolute atomic E-state index is 11.9. The Morgan fingerprint density at radius 3 is 2.50 bits per heavy atom. The van der Waals surface area contributed by atoms with Crippen molar-refractivity contribution in [2.75, 3.05) is 26.3 Å². The van der Waals surface area contributed by atoms with Gasteiger partial charge in [0, 0.05) is 25.2 Å². The second kappa shape index (κ2) is 8.93. The van der Waals surface area contributed by atoms with Gasteiger partial charge in [-0.2, -0.15) is 0 Å². The number of benzene rings is 1. The lowest BCUT2D eigenvalue weighted by atomic mass is 10.1. The average molecular weight is 366 g/mol. The van der Waals surface area contributed by atoms with Crippen LogP contribution in [-0.2, 0) is 14.3 Å². The summed E-state index contributed by atoms with van der Waals surface area (Å²) in [5.74, 6) is -1.95. The third-order valence-corrected chi connectivity index (χ3v) is 3.92. The second-order valence-electron chi connectivity index (χ2n) is 5.81. The van der Waals surface area contributed by atoms with Crippen molar-refractivity contribution in [1.29, 1.82) is 0 Å². The number of nitrogens with one attached hydrogen (secondary N) is 1. The lowest BCUT2D eigenvalue weighted by Gasteiger charge is -2.31. The van der Waals surface area contributed by atoms with Gasteiger partial charge in [-0.1, -0.05) is 0 Å². The number of rotatable bonds is 5. The number of likely N-dealkylation sites (tertiary alicyclic amines) is 1. The van der Waals surface area contributed by atoms with Crippen LogP contribution in [-0.4, -0.2) is 65.4 Å². The average Bonchev–Trinajstić information content (AvgIpc) is 2.60. The summed E-state index contributed by atoms with van der Waals surface area (Å²) < 4.78 is 9.79. The van der Waals surface area contributed by atoms with Crippen molar-refractivity contribution in [2.45, 2.75) is 25.8 Å². The molecule has 1 aromatic carbocycles. The minimum atomic E-state index is -0.866. The summed E-state index contributed by atoms with van der Waals surface area (Å²) in [6.07, 6.45) is 0.800. The van der Waals surface area contributed by atoms with E-state index in [2.05, 4.69) is 5.32 Å². The first-order valence-corrected chi connectivity index (χ1v) is 8.31. The Bertz CT molecular complexity index is 669. The molecule has 9 nitrogen and oxygen atoms in total. The van der Waals surface area contributed by atoms with E-state index in [1.54, 1.807) is 11.8 Å². The first-order valence-electron chi connectivity index (χ1n) is 8.31. The second-order valence-corrected chi connectivity index (χ2v) is 5.81. The topological polar surface area (TPSA) is 125 Å². The van der Waals surface area contributed by atoms with E-state index in [1.165, 1.54) is 12.1 Å². The van der Waals surface area contributed by atoms with Crippen molar-refractivity contribution in [3.63, 3.8) is 0 Å². The SMILES string of the molecule is CCOC(=O)N1CCC(NC(=O)COC(=O)c2ccc(O)cc2O)CC1. The first kappa shape index (κ1) is 19.4. The van der Waals surface area contributed by atoms with Gasteiger partial charge in [-0.25, -0.2) is 9.59 Å². The summed E-state index contributed by atoms with van der Waals surface area (Å²) in [4.78, 5) is 37.0. The third kappa shape index (κ3) is 5.27. The number of hydrogen-bond acceptors (Lipinski definition) is 7. The molecule has 2 amide bonds. The highest BCUT2D eigenvalue weighted by atomic mass is 16.6. The van der Waals surface area contributed by atoms with Gasteiger partial charge >= 0.3 is 12.1 Å². The Hall–Kier alpha value is -2.97. The van der Waals surface area contributed by atoms with Crippen molar-refractivity contribution < 1.29 is 34.1 Å². The van der Waals surface area contributed by atoms with E-state index in [0.29, 0.717) is 32.5 Å². The number of carbonyl (C=O) groups is 3. The van der Waals surface area contributed by atoms with Crippen LogP contribution in [0.1, 0.15) is 30.1 Å². The summed E-state index contributed by atoms with van der Waals surface area (Å²) in [5, 5.41) is 21.5. The first-order chi connectivity index (χ1) is 12.4. The predicted octanol–water partition coefficient (Wildman–Crippen LogP) is 0.992. The van der Waals surface area contributed by atoms with Crippen LogP contribution in [0.15, 0.2) is 18.2 Å². The molecule has 1 aliphatic rings. The molecule has 0 unspecified atom stereocenters. The van der Waals surface area contributed by atoms with Gasteiger partial charge in [-0.3, -0.25) is 4.79 Å². The number of piperidine rings is 1. The normalized spacial score (nSPS) is 14.6. The zero-order chi connectivity index (χ0) is 19.1. The molecule has 0 radical (unpaired) electrons. The van der Waals surface area contributed by atoms with Gasteiger partial charge < -0.3 is 29.9 Å². The molecule has 0 atom stereocenters. The third-order valence-electron chi connectivity index (χ3n) is 3.92. The van der Waals surface area contributed by atoms with Gasteiger partial charge in [-0.05, 0) is 31.9 Å². The lowest BCUT2D eigenvalue weighted by Crippen LogP contribution is -2.47. The van der Waals surface area contributed by atoms with Crippen LogP contribution in [0.4, 0.5) is 4.79 Å². The van der Waals surface area contributed by atoms with Crippen molar-refractivity contribution in [2.24, 2.45) is 0 Å². The Balaban J connectivity index is 1.74. The minimum Gasteiger partial charge on any atom is -0.508 e. The van der Waals surface area contributed by atoms with E-state index in [0.717, 1.165) is 6.07 Å². The number of nitrogens with zero attached hydrogens (tertiary/aromatic N) is 1. The molecule has 1 aliphatic heterocycles. The van der Waals surface area contributed by atoms with Crippen molar-refractivity contribution in [3.8, 4) is 11.5 Å². The van der Waals surface area contributed by atoms with Crippen LogP contribution in [0, 0.1) is 0 Å². The Labute approximate surface area is 150 Å². The van der Waals surface area contributed by atoms with Crippen molar-refractivity contribution >= 4 is 18.0 Å². The van der Waals surface area contributed by atoms with Gasteiger partial charge in [0.15, 0.2) is 6.61 Å². The summed E-state index contributed by atoms with van der Waals surface area (Å²) in [5.41, 5.74) is -0.140. The summed E-state index contributed by atoms with van der Waals surface area (Å²) in [6, 6.07) is 3.33. The van der Waals surface area contributed by atoms with Gasteiger partial charge in [-0.15, -0.1) is 0 Å². The van der Waals surface area contributed by atoms with Crippen molar-refractivity contribution in [1.82, 2.24) is 10.2 Å². The molecule has 26 heavy (non-hydrogen) atoms. The molecular formula is C17H22N2O7. The highest BCUT2D eigenvalue weighted by molar-refractivity contribution is 5.94. The van der Waals surface area contributed by atoms with Crippen LogP contribution < -0.4 is 5.32 Å². The number of aromatic hydroxyl groups is 2. The van der Waals surface area contributed by atoms with E-state index >= 15 is 0 Å². The molecule has 1 saturated heterocycles. The van der Waals surface area contributed by atoms with Gasteiger partial charge in [0.1, 0.15) is 17.1 Å². The largest absolute Gasteiger partial charge is 0.508 e. The number of phenolic OH excluding ortho intramolecular Hbond substituents is 2. The molecule has 0 spiro atoms. The fourth-order valence-electron chi connectivity index (χ4n) is 2.59. The van der Waals surface area contributed by atoms with Gasteiger partial charge in [0.25, 0.3) is 5.91 Å². The van der Waals surface area contributed by atoms with Crippen LogP contribution in [0.25, 0.3) is 0 Å². The molecule has 142 valence electrons. The van der Waals surface area contributed by atoms with E-state index < -0.39 is 24.2 Å². The van der Waals surface area contributed by atoms with E-state index in [1.807, 2.05) is 0 Å². The molecule has 0 aromatic heterocycles. The number of hydrogen-bond donors (Lipinski definition) is 3. The molecular weight excluding hydrogens is 344 g/mol. The Morgan fingerprint density at radius 1 is 1.19 bits per heavy atom. The number of esters is 1. The summed E-state index contributed by atoms with van der Waals surface area (Å²) >= 11 is 0. The molecule has 9 heteroatoms. The lowest BCUT2D eigenvalue weighted by molar-refractivity contribution is -0.125. The van der Waals surface area contributed by atoms with Crippen LogP contribution in [0.2, 0.25) is 0 Å². The molecule has 1 heterocycles. The van der Waals surface area contributed by atoms with Crippen LogP contribution >= 0.6 is 0 Å². The molecule has 0 saturated carbocycles. The smallest absolute Gasteiger partial charge is 0.409 e. The number of phenols is 2. The van der Waals surface area contributed by atoms with E-state index in [9.17, 15) is 24.6 Å². The Kier molecular flexibility index (Phi) is 6.65. The van der Waals surface area contributed by atoms with E-state index in [4.69, 9.17) is 9.47 Å². The summed E-state index contributed by atoms with van der Waals surface area (Å²) in [7, 11) is 0. The maximum atomic E-state index is 11.9. The molecule has 1 aromatic rings. The molecule has 0 aliphatic carbocycles. The number of ether oxygens (including phenoxy) is 2. The standard InChI is InChI=1S/C17H22N2O7/c1-2-25-17(24)19-7-5-11(6-8-19)18-15(22)10-26-16(23)13-4-3-12(20)9-14(13)21/h3-4,9,11,20-21H,2,5-8,10H2,1H3,(H,18,22). The highest BCUT2D eigenvalue weighted by Crippen LogP contribution is 2.23. The quantitative estimate of drug-likeness (QED) is 0.664. The van der Waals surface area contributed by atoms with Crippen LogP contribution in [0.5, 0.6) is 11.5 Å². The van der Waals surface area contributed by atoms with Gasteiger partial charge in [0.05, 0.1) is 6.61 Å². The van der Waals surface area contributed by atoms with E-state index in [-0.39, 0.29) is 23.4 Å². The zero-order valence-corrected chi connectivity index (χ0v) is 14.4. The monoisotopic (exact) mass is 366 g/mol. The van der Waals surface area contributed by atoms with Crippen LogP contribution in [0.3, 0.4) is 0 Å². The zero-order valence-electron chi connectivity index (χ0n) is 14.4. The molecule has 2 rings (SSSR count). The predicted molar refractivity (Wildman–Crippen MR) is 89.8 cm³/mol. The Morgan fingerprint density at radius 2 is 1.88 bits per heavy atom. The van der Waals surface area contributed by atoms with Crippen molar-refractivity contribution in [3.05, 3.63) is 23.8 Å². The fraction of sp³-hybridized carbons (Fsp3) is 0.471. The number of amides is 2. The molecule has 0 bridgehead atoms.